The molecular weight excluding hydrogens is 223 g/mol. The molecule has 1 fully saturated rings. The van der Waals surface area contributed by atoms with Crippen LogP contribution in [0.5, 0.6) is 5.75 Å². The fourth-order valence-corrected chi connectivity index (χ4v) is 1.29. The van der Waals surface area contributed by atoms with Crippen molar-refractivity contribution in [3.8, 4) is 5.75 Å². The van der Waals surface area contributed by atoms with Crippen molar-refractivity contribution in [3.63, 3.8) is 0 Å². The highest BCUT2D eigenvalue weighted by Crippen LogP contribution is 2.29. The summed E-state index contributed by atoms with van der Waals surface area (Å²) in [5, 5.41) is 0. The van der Waals surface area contributed by atoms with E-state index in [0.717, 1.165) is 18.6 Å². The van der Waals surface area contributed by atoms with Gasteiger partial charge >= 0.3 is 0 Å². The quantitative estimate of drug-likeness (QED) is 0.759. The molecule has 3 heteroatoms. The summed E-state index contributed by atoms with van der Waals surface area (Å²) in [5.74, 6) is 0.490. The first-order valence-corrected chi connectivity index (χ1v) is 4.67. The van der Waals surface area contributed by atoms with Crippen molar-refractivity contribution in [3.05, 3.63) is 28.5 Å². The minimum atomic E-state index is -0.252. The average molecular weight is 231 g/mol. The molecule has 1 aliphatic rings. The Balaban J connectivity index is 2.15. The monoisotopic (exact) mass is 230 g/mol. The van der Waals surface area contributed by atoms with Crippen LogP contribution in [0.15, 0.2) is 22.7 Å². The Morgan fingerprint density at radius 1 is 1.42 bits per heavy atom. The number of benzene rings is 1. The molecular formula is C9H8BrFO. The largest absolute Gasteiger partial charge is 0.490 e. The van der Waals surface area contributed by atoms with E-state index in [1.54, 1.807) is 12.1 Å². The van der Waals surface area contributed by atoms with Crippen LogP contribution in [0.4, 0.5) is 4.39 Å². The van der Waals surface area contributed by atoms with Gasteiger partial charge in [-0.1, -0.05) is 0 Å². The highest BCUT2D eigenvalue weighted by Gasteiger charge is 2.23. The SMILES string of the molecule is Fc1ccc(OC2CC2)cc1Br. The van der Waals surface area contributed by atoms with Crippen molar-refractivity contribution in [2.75, 3.05) is 0 Å². The Labute approximate surface area is 78.7 Å². The molecule has 12 heavy (non-hydrogen) atoms. The van der Waals surface area contributed by atoms with E-state index in [2.05, 4.69) is 15.9 Å². The zero-order chi connectivity index (χ0) is 8.55. The molecule has 1 aromatic carbocycles. The van der Waals surface area contributed by atoms with Gasteiger partial charge in [0.05, 0.1) is 10.6 Å². The summed E-state index contributed by atoms with van der Waals surface area (Å²) < 4.78 is 18.7. The number of hydrogen-bond acceptors (Lipinski definition) is 1. The predicted molar refractivity (Wildman–Crippen MR) is 47.8 cm³/mol. The molecule has 0 radical (unpaired) electrons. The minimum Gasteiger partial charge on any atom is -0.490 e. The molecule has 1 saturated carbocycles. The van der Waals surface area contributed by atoms with E-state index in [9.17, 15) is 4.39 Å². The van der Waals surface area contributed by atoms with Gasteiger partial charge in [-0.3, -0.25) is 0 Å². The molecule has 0 saturated heterocycles. The Morgan fingerprint density at radius 3 is 2.75 bits per heavy atom. The lowest BCUT2D eigenvalue weighted by atomic mass is 10.3. The number of rotatable bonds is 2. The molecule has 0 amide bonds. The van der Waals surface area contributed by atoms with Gasteiger partial charge in [-0.2, -0.15) is 0 Å². The molecule has 0 heterocycles. The fraction of sp³-hybridized carbons (Fsp3) is 0.333. The molecule has 64 valence electrons. The second-order valence-corrected chi connectivity index (χ2v) is 3.75. The fourth-order valence-electron chi connectivity index (χ4n) is 0.929. The van der Waals surface area contributed by atoms with Crippen molar-refractivity contribution in [2.24, 2.45) is 0 Å². The summed E-state index contributed by atoms with van der Waals surface area (Å²) in [6.07, 6.45) is 2.60. The summed E-state index contributed by atoms with van der Waals surface area (Å²) in [4.78, 5) is 0. The summed E-state index contributed by atoms with van der Waals surface area (Å²) in [5.41, 5.74) is 0. The van der Waals surface area contributed by atoms with Crippen LogP contribution in [0, 0.1) is 5.82 Å². The van der Waals surface area contributed by atoms with Crippen LogP contribution < -0.4 is 4.74 Å². The number of halogens is 2. The average Bonchev–Trinajstić information content (AvgIpc) is 2.81. The maximum Gasteiger partial charge on any atom is 0.137 e. The van der Waals surface area contributed by atoms with Crippen molar-refractivity contribution < 1.29 is 9.13 Å². The third-order valence-corrected chi connectivity index (χ3v) is 2.33. The Hall–Kier alpha value is -0.570. The van der Waals surface area contributed by atoms with Gasteiger partial charge in [-0.05, 0) is 47.0 Å². The molecule has 1 nitrogen and oxygen atoms in total. The van der Waals surface area contributed by atoms with E-state index in [1.165, 1.54) is 6.07 Å². The van der Waals surface area contributed by atoms with Crippen molar-refractivity contribution in [1.82, 2.24) is 0 Å². The van der Waals surface area contributed by atoms with Crippen LogP contribution in [0.1, 0.15) is 12.8 Å². The molecule has 1 aliphatic carbocycles. The van der Waals surface area contributed by atoms with Gasteiger partial charge in [0.2, 0.25) is 0 Å². The summed E-state index contributed by atoms with van der Waals surface area (Å²) >= 11 is 3.10. The van der Waals surface area contributed by atoms with Gasteiger partial charge < -0.3 is 4.74 Å². The third kappa shape index (κ3) is 1.78. The van der Waals surface area contributed by atoms with Gasteiger partial charge in [-0.25, -0.2) is 4.39 Å². The predicted octanol–water partition coefficient (Wildman–Crippen LogP) is 3.13. The number of hydrogen-bond donors (Lipinski definition) is 0. The molecule has 1 aromatic rings. The van der Waals surface area contributed by atoms with Gasteiger partial charge in [0.1, 0.15) is 11.6 Å². The van der Waals surface area contributed by atoms with Crippen LogP contribution in [-0.2, 0) is 0 Å². The van der Waals surface area contributed by atoms with Crippen molar-refractivity contribution in [1.29, 1.82) is 0 Å². The zero-order valence-electron chi connectivity index (χ0n) is 6.39. The second-order valence-electron chi connectivity index (χ2n) is 2.89. The molecule has 0 unspecified atom stereocenters. The first-order valence-electron chi connectivity index (χ1n) is 3.87. The van der Waals surface area contributed by atoms with Gasteiger partial charge in [0.15, 0.2) is 0 Å². The Morgan fingerprint density at radius 2 is 2.17 bits per heavy atom. The Kier molecular flexibility index (Phi) is 2.05. The van der Waals surface area contributed by atoms with Crippen LogP contribution in [-0.4, -0.2) is 6.10 Å². The summed E-state index contributed by atoms with van der Waals surface area (Å²) in [7, 11) is 0. The first-order chi connectivity index (χ1) is 5.75. The van der Waals surface area contributed by atoms with E-state index < -0.39 is 0 Å². The zero-order valence-corrected chi connectivity index (χ0v) is 7.97. The van der Waals surface area contributed by atoms with Gasteiger partial charge in [0.25, 0.3) is 0 Å². The Bertz CT molecular complexity index is 297. The molecule has 0 aliphatic heterocycles. The van der Waals surface area contributed by atoms with Crippen LogP contribution in [0.25, 0.3) is 0 Å². The van der Waals surface area contributed by atoms with E-state index in [1.807, 2.05) is 0 Å². The van der Waals surface area contributed by atoms with Crippen LogP contribution in [0.2, 0.25) is 0 Å². The third-order valence-electron chi connectivity index (χ3n) is 1.72. The van der Waals surface area contributed by atoms with Crippen LogP contribution >= 0.6 is 15.9 Å². The molecule has 0 spiro atoms. The van der Waals surface area contributed by atoms with Crippen molar-refractivity contribution in [2.45, 2.75) is 18.9 Å². The molecule has 0 N–H and O–H groups in total. The molecule has 0 aromatic heterocycles. The van der Waals surface area contributed by atoms with E-state index in [0.29, 0.717) is 10.6 Å². The molecule has 0 atom stereocenters. The smallest absolute Gasteiger partial charge is 0.137 e. The van der Waals surface area contributed by atoms with E-state index in [-0.39, 0.29) is 5.82 Å². The highest BCUT2D eigenvalue weighted by molar-refractivity contribution is 9.10. The second kappa shape index (κ2) is 3.05. The lowest BCUT2D eigenvalue weighted by Crippen LogP contribution is -1.95. The normalized spacial score (nSPS) is 16.2. The lowest BCUT2D eigenvalue weighted by Gasteiger charge is -2.04. The van der Waals surface area contributed by atoms with Gasteiger partial charge in [-0.15, -0.1) is 0 Å². The molecule has 2 rings (SSSR count). The minimum absolute atomic E-state index is 0.252. The first kappa shape index (κ1) is 8.05. The maximum atomic E-state index is 12.7. The van der Waals surface area contributed by atoms with Crippen molar-refractivity contribution >= 4 is 15.9 Å². The summed E-state index contributed by atoms with van der Waals surface area (Å²) in [6.45, 7) is 0. The standard InChI is InChI=1S/C9H8BrFO/c10-8-5-7(3-4-9(8)11)12-6-1-2-6/h3-6H,1-2H2. The van der Waals surface area contributed by atoms with Gasteiger partial charge in [0, 0.05) is 0 Å². The summed E-state index contributed by atoms with van der Waals surface area (Å²) in [6, 6.07) is 4.72. The van der Waals surface area contributed by atoms with Crippen LogP contribution in [0.3, 0.4) is 0 Å². The molecule has 0 bridgehead atoms. The lowest BCUT2D eigenvalue weighted by molar-refractivity contribution is 0.302. The topological polar surface area (TPSA) is 9.23 Å². The van der Waals surface area contributed by atoms with E-state index >= 15 is 0 Å². The highest BCUT2D eigenvalue weighted by atomic mass is 79.9. The number of ether oxygens (including phenoxy) is 1. The van der Waals surface area contributed by atoms with E-state index in [4.69, 9.17) is 4.74 Å². The maximum absolute atomic E-state index is 12.7.